The van der Waals surface area contributed by atoms with Crippen molar-refractivity contribution in [2.24, 2.45) is 0 Å². The van der Waals surface area contributed by atoms with Gasteiger partial charge in [0.15, 0.2) is 0 Å². The van der Waals surface area contributed by atoms with E-state index in [0.29, 0.717) is 5.56 Å². The molecule has 2 rings (SSSR count). The van der Waals surface area contributed by atoms with Crippen LogP contribution in [0.15, 0.2) is 36.4 Å². The highest BCUT2D eigenvalue weighted by atomic mass is 32.1. The predicted octanol–water partition coefficient (Wildman–Crippen LogP) is 4.05. The molecule has 0 aliphatic rings. The van der Waals surface area contributed by atoms with E-state index < -0.39 is 0 Å². The first-order chi connectivity index (χ1) is 8.31. The molecule has 1 nitrogen and oxygen atoms in total. The molecule has 0 fully saturated rings. The Morgan fingerprint density at radius 2 is 2.00 bits per heavy atom. The van der Waals surface area contributed by atoms with Crippen LogP contribution in [-0.4, -0.2) is 6.54 Å². The number of thiophene rings is 1. The second-order valence-electron chi connectivity index (χ2n) is 3.92. The van der Waals surface area contributed by atoms with Crippen LogP contribution >= 0.6 is 11.3 Å². The summed E-state index contributed by atoms with van der Waals surface area (Å²) < 4.78 is 13.6. The number of halogens is 1. The van der Waals surface area contributed by atoms with Gasteiger partial charge in [-0.05, 0) is 31.2 Å². The van der Waals surface area contributed by atoms with Crippen molar-refractivity contribution in [2.75, 3.05) is 6.54 Å². The zero-order chi connectivity index (χ0) is 12.1. The van der Waals surface area contributed by atoms with Crippen molar-refractivity contribution in [1.29, 1.82) is 0 Å². The van der Waals surface area contributed by atoms with Crippen molar-refractivity contribution in [3.63, 3.8) is 0 Å². The van der Waals surface area contributed by atoms with Crippen LogP contribution in [0.4, 0.5) is 4.39 Å². The summed E-state index contributed by atoms with van der Waals surface area (Å²) in [5.74, 6) is -0.151. The molecule has 1 aromatic heterocycles. The maximum absolute atomic E-state index is 13.6. The van der Waals surface area contributed by atoms with Crippen LogP contribution in [0.1, 0.15) is 18.2 Å². The molecule has 0 atom stereocenters. The van der Waals surface area contributed by atoms with E-state index in [1.165, 1.54) is 10.9 Å². The summed E-state index contributed by atoms with van der Waals surface area (Å²) in [6.07, 6.45) is 1.13. The van der Waals surface area contributed by atoms with Crippen LogP contribution in [-0.2, 0) is 6.54 Å². The Bertz CT molecular complexity index is 479. The van der Waals surface area contributed by atoms with Gasteiger partial charge in [-0.1, -0.05) is 25.1 Å². The highest BCUT2D eigenvalue weighted by Crippen LogP contribution is 2.29. The van der Waals surface area contributed by atoms with E-state index in [4.69, 9.17) is 0 Å². The third-order valence-electron chi connectivity index (χ3n) is 2.53. The molecule has 0 saturated heterocycles. The molecule has 17 heavy (non-hydrogen) atoms. The first-order valence-corrected chi connectivity index (χ1v) is 6.67. The fraction of sp³-hybridized carbons (Fsp3) is 0.286. The minimum atomic E-state index is -0.151. The Balaban J connectivity index is 2.10. The first kappa shape index (κ1) is 12.3. The summed E-state index contributed by atoms with van der Waals surface area (Å²) in [5, 5.41) is 3.35. The summed E-state index contributed by atoms with van der Waals surface area (Å²) in [7, 11) is 0. The maximum atomic E-state index is 13.6. The van der Waals surface area contributed by atoms with E-state index >= 15 is 0 Å². The fourth-order valence-electron chi connectivity index (χ4n) is 1.67. The third kappa shape index (κ3) is 3.14. The Labute approximate surface area is 105 Å². The number of hydrogen-bond acceptors (Lipinski definition) is 2. The minimum absolute atomic E-state index is 0.151. The summed E-state index contributed by atoms with van der Waals surface area (Å²) in [6.45, 7) is 4.03. The van der Waals surface area contributed by atoms with Crippen molar-refractivity contribution < 1.29 is 4.39 Å². The molecule has 0 amide bonds. The lowest BCUT2D eigenvalue weighted by Crippen LogP contribution is -2.12. The molecule has 90 valence electrons. The Kier molecular flexibility index (Phi) is 4.29. The van der Waals surface area contributed by atoms with E-state index in [-0.39, 0.29) is 5.82 Å². The molecule has 1 N–H and O–H groups in total. The van der Waals surface area contributed by atoms with Gasteiger partial charge >= 0.3 is 0 Å². The van der Waals surface area contributed by atoms with Crippen molar-refractivity contribution >= 4 is 11.3 Å². The molecule has 1 aromatic carbocycles. The van der Waals surface area contributed by atoms with Crippen LogP contribution in [0.3, 0.4) is 0 Å². The molecule has 0 aliphatic heterocycles. The molecule has 3 heteroatoms. The van der Waals surface area contributed by atoms with E-state index in [2.05, 4.69) is 18.3 Å². The van der Waals surface area contributed by atoms with Gasteiger partial charge in [0.2, 0.25) is 0 Å². The highest BCUT2D eigenvalue weighted by molar-refractivity contribution is 7.15. The largest absolute Gasteiger partial charge is 0.312 e. The second kappa shape index (κ2) is 5.94. The zero-order valence-corrected chi connectivity index (χ0v) is 10.7. The van der Waals surface area contributed by atoms with E-state index in [0.717, 1.165) is 24.4 Å². The summed E-state index contributed by atoms with van der Waals surface area (Å²) in [6, 6.07) is 11.0. The maximum Gasteiger partial charge on any atom is 0.131 e. The predicted molar refractivity (Wildman–Crippen MR) is 71.7 cm³/mol. The monoisotopic (exact) mass is 249 g/mol. The molecule has 0 saturated carbocycles. The number of rotatable bonds is 5. The molecular weight excluding hydrogens is 233 g/mol. The van der Waals surface area contributed by atoms with Gasteiger partial charge in [-0.2, -0.15) is 0 Å². The van der Waals surface area contributed by atoms with Gasteiger partial charge in [-0.25, -0.2) is 4.39 Å². The van der Waals surface area contributed by atoms with Gasteiger partial charge in [-0.3, -0.25) is 0 Å². The molecule has 0 aliphatic carbocycles. The molecule has 0 unspecified atom stereocenters. The summed E-state index contributed by atoms with van der Waals surface area (Å²) in [5.41, 5.74) is 0.694. The lowest BCUT2D eigenvalue weighted by atomic mass is 10.2. The van der Waals surface area contributed by atoms with Crippen molar-refractivity contribution in [2.45, 2.75) is 19.9 Å². The van der Waals surface area contributed by atoms with Gasteiger partial charge in [0.1, 0.15) is 5.82 Å². The van der Waals surface area contributed by atoms with E-state index in [9.17, 15) is 4.39 Å². The number of nitrogens with one attached hydrogen (secondary N) is 1. The second-order valence-corrected chi connectivity index (χ2v) is 5.09. The van der Waals surface area contributed by atoms with Crippen molar-refractivity contribution in [3.8, 4) is 10.4 Å². The zero-order valence-electron chi connectivity index (χ0n) is 9.87. The Hall–Kier alpha value is -1.19. The highest BCUT2D eigenvalue weighted by Gasteiger charge is 2.06. The Morgan fingerprint density at radius 1 is 1.18 bits per heavy atom. The number of benzene rings is 1. The third-order valence-corrected chi connectivity index (χ3v) is 3.65. The standard InChI is InChI=1S/C14H16FNS/c1-2-9-16-10-11-7-8-14(17-11)12-5-3-4-6-13(12)15/h3-8,16H,2,9-10H2,1H3. The normalized spacial score (nSPS) is 10.7. The quantitative estimate of drug-likeness (QED) is 0.788. The smallest absolute Gasteiger partial charge is 0.131 e. The SMILES string of the molecule is CCCNCc1ccc(-c2ccccc2F)s1. The van der Waals surface area contributed by atoms with Crippen molar-refractivity contribution in [1.82, 2.24) is 5.32 Å². The van der Waals surface area contributed by atoms with E-state index in [1.54, 1.807) is 17.4 Å². The molecule has 0 spiro atoms. The van der Waals surface area contributed by atoms with Crippen LogP contribution in [0, 0.1) is 5.82 Å². The molecule has 0 bridgehead atoms. The van der Waals surface area contributed by atoms with Crippen LogP contribution in [0.25, 0.3) is 10.4 Å². The van der Waals surface area contributed by atoms with Crippen molar-refractivity contribution in [3.05, 3.63) is 47.1 Å². The van der Waals surface area contributed by atoms with Crippen LogP contribution in [0.5, 0.6) is 0 Å². The average Bonchev–Trinajstić information content (AvgIpc) is 2.79. The Morgan fingerprint density at radius 3 is 2.76 bits per heavy atom. The molecular formula is C14H16FNS. The number of hydrogen-bond donors (Lipinski definition) is 1. The summed E-state index contributed by atoms with van der Waals surface area (Å²) >= 11 is 1.65. The van der Waals surface area contributed by atoms with E-state index in [1.807, 2.05) is 18.2 Å². The first-order valence-electron chi connectivity index (χ1n) is 5.85. The van der Waals surface area contributed by atoms with Gasteiger partial charge in [0, 0.05) is 21.9 Å². The fourth-order valence-corrected chi connectivity index (χ4v) is 2.67. The van der Waals surface area contributed by atoms with Gasteiger partial charge < -0.3 is 5.32 Å². The van der Waals surface area contributed by atoms with Crippen LogP contribution in [0.2, 0.25) is 0 Å². The molecule has 2 aromatic rings. The van der Waals surface area contributed by atoms with Gasteiger partial charge in [0.05, 0.1) is 0 Å². The van der Waals surface area contributed by atoms with Gasteiger partial charge in [-0.15, -0.1) is 11.3 Å². The van der Waals surface area contributed by atoms with Crippen LogP contribution < -0.4 is 5.32 Å². The lowest BCUT2D eigenvalue weighted by Gasteiger charge is -2.00. The molecule has 1 heterocycles. The topological polar surface area (TPSA) is 12.0 Å². The molecule has 0 radical (unpaired) electrons. The summed E-state index contributed by atoms with van der Waals surface area (Å²) in [4.78, 5) is 2.24. The van der Waals surface area contributed by atoms with Gasteiger partial charge in [0.25, 0.3) is 0 Å². The minimum Gasteiger partial charge on any atom is -0.312 e. The lowest BCUT2D eigenvalue weighted by molar-refractivity contribution is 0.631. The average molecular weight is 249 g/mol.